The maximum Gasteiger partial charge on any atom is 0.147 e. The third-order valence-corrected chi connectivity index (χ3v) is 5.63. The van der Waals surface area contributed by atoms with Gasteiger partial charge in [-0.05, 0) is 49.6 Å². The molecule has 140 valence electrons. The van der Waals surface area contributed by atoms with Gasteiger partial charge in [0.15, 0.2) is 0 Å². The minimum absolute atomic E-state index is 0.547. The normalized spacial score (nSPS) is 13.6. The third kappa shape index (κ3) is 3.58. The number of hydrogen-bond donors (Lipinski definition) is 0. The molecule has 1 fully saturated rings. The molecule has 3 aromatic rings. The standard InChI is InChI=1S/C23H19Cl2N3/c1-15-4-6-16(7-5-15)20-12-17(14-26)23(28-10-2-3-11-28)27-22(20)19-9-8-18(24)13-21(19)25/h4-9,12-13H,2-3,10-11H2,1H3. The summed E-state index contributed by atoms with van der Waals surface area (Å²) in [6, 6.07) is 17.9. The number of aromatic nitrogens is 1. The number of halogens is 2. The number of nitriles is 1. The molecule has 2 heterocycles. The zero-order valence-corrected chi connectivity index (χ0v) is 17.1. The molecule has 3 nitrogen and oxygen atoms in total. The number of rotatable bonds is 3. The Morgan fingerprint density at radius 2 is 1.68 bits per heavy atom. The van der Waals surface area contributed by atoms with Crippen molar-refractivity contribution in [3.63, 3.8) is 0 Å². The first-order chi connectivity index (χ1) is 13.6. The number of pyridine rings is 1. The van der Waals surface area contributed by atoms with Crippen molar-refractivity contribution in [2.45, 2.75) is 19.8 Å². The van der Waals surface area contributed by atoms with Crippen LogP contribution in [0.3, 0.4) is 0 Å². The van der Waals surface area contributed by atoms with E-state index in [2.05, 4.69) is 42.2 Å². The summed E-state index contributed by atoms with van der Waals surface area (Å²) in [4.78, 5) is 7.15. The molecule has 4 rings (SSSR count). The summed E-state index contributed by atoms with van der Waals surface area (Å²) >= 11 is 12.6. The number of aryl methyl sites for hydroxylation is 1. The van der Waals surface area contributed by atoms with Crippen molar-refractivity contribution in [1.82, 2.24) is 4.98 Å². The van der Waals surface area contributed by atoms with Crippen molar-refractivity contribution in [1.29, 1.82) is 5.26 Å². The van der Waals surface area contributed by atoms with Crippen LogP contribution in [0.2, 0.25) is 10.0 Å². The molecule has 0 aliphatic carbocycles. The molecule has 1 saturated heterocycles. The Morgan fingerprint density at radius 3 is 2.32 bits per heavy atom. The van der Waals surface area contributed by atoms with Gasteiger partial charge in [0.1, 0.15) is 11.9 Å². The lowest BCUT2D eigenvalue weighted by molar-refractivity contribution is 0.935. The van der Waals surface area contributed by atoms with Crippen LogP contribution >= 0.6 is 23.2 Å². The lowest BCUT2D eigenvalue weighted by Crippen LogP contribution is -2.20. The second-order valence-electron chi connectivity index (χ2n) is 7.05. The fourth-order valence-corrected chi connectivity index (χ4v) is 4.09. The van der Waals surface area contributed by atoms with Gasteiger partial charge in [0.05, 0.1) is 16.3 Å². The Kier molecular flexibility index (Phi) is 5.26. The van der Waals surface area contributed by atoms with Gasteiger partial charge < -0.3 is 4.90 Å². The molecule has 1 aliphatic heterocycles. The zero-order chi connectivity index (χ0) is 19.7. The lowest BCUT2D eigenvalue weighted by atomic mass is 9.96. The summed E-state index contributed by atoms with van der Waals surface area (Å²) in [6.45, 7) is 3.88. The molecule has 0 amide bonds. The van der Waals surface area contributed by atoms with E-state index >= 15 is 0 Å². The van der Waals surface area contributed by atoms with E-state index in [1.54, 1.807) is 6.07 Å². The summed E-state index contributed by atoms with van der Waals surface area (Å²) in [5, 5.41) is 10.9. The molecule has 0 bridgehead atoms. The van der Waals surface area contributed by atoms with E-state index in [4.69, 9.17) is 28.2 Å². The van der Waals surface area contributed by atoms with Crippen molar-refractivity contribution in [2.24, 2.45) is 0 Å². The third-order valence-electron chi connectivity index (χ3n) is 5.08. The highest BCUT2D eigenvalue weighted by molar-refractivity contribution is 6.36. The van der Waals surface area contributed by atoms with Crippen molar-refractivity contribution in [3.8, 4) is 28.5 Å². The Hall–Kier alpha value is -2.54. The molecular formula is C23H19Cl2N3. The molecule has 0 atom stereocenters. The van der Waals surface area contributed by atoms with Crippen LogP contribution in [0, 0.1) is 18.3 Å². The van der Waals surface area contributed by atoms with Gasteiger partial charge in [-0.3, -0.25) is 0 Å². The zero-order valence-electron chi connectivity index (χ0n) is 15.5. The molecule has 0 radical (unpaired) electrons. The van der Waals surface area contributed by atoms with Crippen LogP contribution in [0.15, 0.2) is 48.5 Å². The second-order valence-corrected chi connectivity index (χ2v) is 7.90. The van der Waals surface area contributed by atoms with Gasteiger partial charge in [-0.2, -0.15) is 5.26 Å². The number of benzene rings is 2. The second kappa shape index (κ2) is 7.83. The summed E-state index contributed by atoms with van der Waals surface area (Å²) in [5.41, 5.74) is 5.24. The van der Waals surface area contributed by atoms with Crippen molar-refractivity contribution in [2.75, 3.05) is 18.0 Å². The average Bonchev–Trinajstić information content (AvgIpc) is 3.22. The van der Waals surface area contributed by atoms with Gasteiger partial charge in [0.2, 0.25) is 0 Å². The first kappa shape index (κ1) is 18.8. The Balaban J connectivity index is 1.98. The van der Waals surface area contributed by atoms with Gasteiger partial charge in [-0.1, -0.05) is 53.0 Å². The molecule has 5 heteroatoms. The van der Waals surface area contributed by atoms with Crippen LogP contribution in [-0.2, 0) is 0 Å². The molecule has 0 spiro atoms. The van der Waals surface area contributed by atoms with Crippen molar-refractivity contribution < 1.29 is 0 Å². The highest BCUT2D eigenvalue weighted by atomic mass is 35.5. The van der Waals surface area contributed by atoms with Crippen molar-refractivity contribution in [3.05, 3.63) is 69.7 Å². The molecular weight excluding hydrogens is 389 g/mol. The van der Waals surface area contributed by atoms with Gasteiger partial charge in [-0.15, -0.1) is 0 Å². The number of nitrogens with zero attached hydrogens (tertiary/aromatic N) is 3. The first-order valence-electron chi connectivity index (χ1n) is 9.29. The minimum Gasteiger partial charge on any atom is -0.356 e. The van der Waals surface area contributed by atoms with Gasteiger partial charge in [-0.25, -0.2) is 4.98 Å². The summed E-state index contributed by atoms with van der Waals surface area (Å²) < 4.78 is 0. The van der Waals surface area contributed by atoms with E-state index in [9.17, 15) is 5.26 Å². The summed E-state index contributed by atoms with van der Waals surface area (Å²) in [7, 11) is 0. The SMILES string of the molecule is Cc1ccc(-c2cc(C#N)c(N3CCCC3)nc2-c2ccc(Cl)cc2Cl)cc1. The highest BCUT2D eigenvalue weighted by Crippen LogP contribution is 2.39. The molecule has 1 aromatic heterocycles. The van der Waals surface area contributed by atoms with E-state index in [1.165, 1.54) is 5.56 Å². The molecule has 28 heavy (non-hydrogen) atoms. The predicted molar refractivity (Wildman–Crippen MR) is 116 cm³/mol. The fraction of sp³-hybridized carbons (Fsp3) is 0.217. The number of hydrogen-bond acceptors (Lipinski definition) is 3. The predicted octanol–water partition coefficient (Wildman–Crippen LogP) is 6.50. The van der Waals surface area contributed by atoms with Crippen LogP contribution in [0.5, 0.6) is 0 Å². The van der Waals surface area contributed by atoms with Gasteiger partial charge >= 0.3 is 0 Å². The molecule has 1 aliphatic rings. The Labute approximate surface area is 175 Å². The van der Waals surface area contributed by atoms with Gasteiger partial charge in [0.25, 0.3) is 0 Å². The van der Waals surface area contributed by atoms with E-state index < -0.39 is 0 Å². The maximum absolute atomic E-state index is 9.79. The summed E-state index contributed by atoms with van der Waals surface area (Å²) in [5.74, 6) is 0.733. The first-order valence-corrected chi connectivity index (χ1v) is 10.0. The van der Waals surface area contributed by atoms with Crippen LogP contribution in [0.25, 0.3) is 22.4 Å². The smallest absolute Gasteiger partial charge is 0.147 e. The molecule has 0 N–H and O–H groups in total. The van der Waals surface area contributed by atoms with Crippen LogP contribution in [-0.4, -0.2) is 18.1 Å². The van der Waals surface area contributed by atoms with Crippen LogP contribution < -0.4 is 4.90 Å². The van der Waals surface area contributed by atoms with E-state index in [-0.39, 0.29) is 0 Å². The topological polar surface area (TPSA) is 39.9 Å². The quantitative estimate of drug-likeness (QED) is 0.497. The van der Waals surface area contributed by atoms with E-state index in [0.29, 0.717) is 15.6 Å². The fourth-order valence-electron chi connectivity index (χ4n) is 3.60. The minimum atomic E-state index is 0.547. The molecule has 2 aromatic carbocycles. The monoisotopic (exact) mass is 407 g/mol. The average molecular weight is 408 g/mol. The highest BCUT2D eigenvalue weighted by Gasteiger charge is 2.22. The molecule has 0 unspecified atom stereocenters. The Morgan fingerprint density at radius 1 is 0.964 bits per heavy atom. The molecule has 0 saturated carbocycles. The Bertz CT molecular complexity index is 1060. The van der Waals surface area contributed by atoms with Crippen molar-refractivity contribution >= 4 is 29.0 Å². The largest absolute Gasteiger partial charge is 0.356 e. The van der Waals surface area contributed by atoms with Crippen LogP contribution in [0.4, 0.5) is 5.82 Å². The van der Waals surface area contributed by atoms with E-state index in [1.807, 2.05) is 18.2 Å². The van der Waals surface area contributed by atoms with Gasteiger partial charge in [0, 0.05) is 29.2 Å². The van der Waals surface area contributed by atoms with E-state index in [0.717, 1.165) is 54.1 Å². The summed E-state index contributed by atoms with van der Waals surface area (Å²) in [6.07, 6.45) is 2.23. The lowest BCUT2D eigenvalue weighted by Gasteiger charge is -2.21. The maximum atomic E-state index is 9.79. The number of anilines is 1. The van der Waals surface area contributed by atoms with Crippen LogP contribution in [0.1, 0.15) is 24.0 Å².